The van der Waals surface area contributed by atoms with E-state index in [1.165, 1.54) is 0 Å². The van der Waals surface area contributed by atoms with Gasteiger partial charge in [-0.05, 0) is 25.0 Å². The summed E-state index contributed by atoms with van der Waals surface area (Å²) in [6.07, 6.45) is 3.57. The molecule has 0 aliphatic heterocycles. The number of nitrogens with one attached hydrogen (secondary N) is 2. The van der Waals surface area contributed by atoms with Crippen LogP contribution in [0.3, 0.4) is 0 Å². The lowest BCUT2D eigenvalue weighted by Crippen LogP contribution is -2.32. The number of aromatic amines is 1. The standard InChI is InChI=1S/C13H17N3O2S/c17-19(18,10-5-1-2-6-10)14-9-13-15-11-7-3-4-8-12(11)16-13/h3-4,7-8,10,14H,1-2,5-6,9H2,(H,15,16). The molecule has 2 N–H and O–H groups in total. The Bertz CT molecular complexity index is 639. The third kappa shape index (κ3) is 2.64. The highest BCUT2D eigenvalue weighted by atomic mass is 32.2. The van der Waals surface area contributed by atoms with E-state index in [1.807, 2.05) is 24.3 Å². The molecule has 5 nitrogen and oxygen atoms in total. The molecule has 6 heteroatoms. The van der Waals surface area contributed by atoms with Crippen molar-refractivity contribution in [3.8, 4) is 0 Å². The van der Waals surface area contributed by atoms with Gasteiger partial charge in [0.15, 0.2) is 0 Å². The third-order valence-corrected chi connectivity index (χ3v) is 5.52. The molecule has 1 aromatic carbocycles. The number of para-hydroxylation sites is 2. The van der Waals surface area contributed by atoms with Crippen molar-refractivity contribution < 1.29 is 8.42 Å². The lowest BCUT2D eigenvalue weighted by molar-refractivity contribution is 0.563. The summed E-state index contributed by atoms with van der Waals surface area (Å²) in [5.74, 6) is 0.655. The summed E-state index contributed by atoms with van der Waals surface area (Å²) in [5, 5.41) is -0.225. The average Bonchev–Trinajstić information content (AvgIpc) is 3.05. The number of hydrogen-bond acceptors (Lipinski definition) is 3. The fraction of sp³-hybridized carbons (Fsp3) is 0.462. The Morgan fingerprint density at radius 2 is 2.00 bits per heavy atom. The van der Waals surface area contributed by atoms with E-state index in [1.54, 1.807) is 0 Å². The number of H-pyrrole nitrogens is 1. The minimum Gasteiger partial charge on any atom is -0.341 e. The lowest BCUT2D eigenvalue weighted by Gasteiger charge is -2.11. The third-order valence-electron chi connectivity index (χ3n) is 3.62. The summed E-state index contributed by atoms with van der Waals surface area (Å²) in [6.45, 7) is 0.230. The first-order valence-corrected chi connectivity index (χ1v) is 8.12. The van der Waals surface area contributed by atoms with Crippen LogP contribution in [-0.2, 0) is 16.6 Å². The van der Waals surface area contributed by atoms with Gasteiger partial charge < -0.3 is 4.98 Å². The van der Waals surface area contributed by atoms with Crippen LogP contribution in [-0.4, -0.2) is 23.6 Å². The van der Waals surface area contributed by atoms with Gasteiger partial charge in [-0.25, -0.2) is 18.1 Å². The Kier molecular flexibility index (Phi) is 3.28. The Balaban J connectivity index is 1.71. The Morgan fingerprint density at radius 3 is 2.74 bits per heavy atom. The van der Waals surface area contributed by atoms with Crippen LogP contribution in [0.25, 0.3) is 11.0 Å². The fourth-order valence-corrected chi connectivity index (χ4v) is 4.10. The molecule has 1 fully saturated rings. The van der Waals surface area contributed by atoms with E-state index in [4.69, 9.17) is 0 Å². The molecule has 19 heavy (non-hydrogen) atoms. The molecule has 0 unspecified atom stereocenters. The van der Waals surface area contributed by atoms with Crippen molar-refractivity contribution in [2.75, 3.05) is 0 Å². The molecular formula is C13H17N3O2S. The van der Waals surface area contributed by atoms with Gasteiger partial charge in [0.05, 0.1) is 22.8 Å². The summed E-state index contributed by atoms with van der Waals surface area (Å²) in [5.41, 5.74) is 1.79. The second kappa shape index (κ2) is 4.94. The molecule has 0 amide bonds. The second-order valence-electron chi connectivity index (χ2n) is 4.97. The lowest BCUT2D eigenvalue weighted by atomic mass is 10.3. The molecule has 1 heterocycles. The molecule has 0 radical (unpaired) electrons. The normalized spacial score (nSPS) is 17.3. The summed E-state index contributed by atoms with van der Waals surface area (Å²) in [6, 6.07) is 7.67. The Labute approximate surface area is 112 Å². The summed E-state index contributed by atoms with van der Waals surface area (Å²) >= 11 is 0. The number of imidazole rings is 1. The highest BCUT2D eigenvalue weighted by Crippen LogP contribution is 2.24. The number of fused-ring (bicyclic) bond motifs is 1. The van der Waals surface area contributed by atoms with Crippen LogP contribution < -0.4 is 4.72 Å². The van der Waals surface area contributed by atoms with Gasteiger partial charge in [-0.2, -0.15) is 0 Å². The number of benzene rings is 1. The highest BCUT2D eigenvalue weighted by Gasteiger charge is 2.28. The van der Waals surface area contributed by atoms with Crippen LogP contribution in [0.4, 0.5) is 0 Å². The first-order valence-electron chi connectivity index (χ1n) is 6.57. The van der Waals surface area contributed by atoms with Crippen LogP contribution >= 0.6 is 0 Å². The van der Waals surface area contributed by atoms with Crippen molar-refractivity contribution in [2.45, 2.75) is 37.5 Å². The van der Waals surface area contributed by atoms with Gasteiger partial charge in [-0.3, -0.25) is 0 Å². The Morgan fingerprint density at radius 1 is 1.26 bits per heavy atom. The molecule has 102 valence electrons. The monoisotopic (exact) mass is 279 g/mol. The largest absolute Gasteiger partial charge is 0.341 e. The van der Waals surface area contributed by atoms with E-state index >= 15 is 0 Å². The zero-order valence-corrected chi connectivity index (χ0v) is 11.4. The number of nitrogens with zero attached hydrogens (tertiary/aromatic N) is 1. The second-order valence-corrected chi connectivity index (χ2v) is 7.02. The van der Waals surface area contributed by atoms with E-state index in [0.717, 1.165) is 36.7 Å². The van der Waals surface area contributed by atoms with Crippen LogP contribution in [0, 0.1) is 0 Å². The van der Waals surface area contributed by atoms with Gasteiger partial charge in [0.1, 0.15) is 5.82 Å². The van der Waals surface area contributed by atoms with Gasteiger partial charge in [-0.15, -0.1) is 0 Å². The van der Waals surface area contributed by atoms with E-state index in [-0.39, 0.29) is 11.8 Å². The maximum absolute atomic E-state index is 12.1. The minimum atomic E-state index is -3.21. The molecule has 3 rings (SSSR count). The molecular weight excluding hydrogens is 262 g/mol. The molecule has 0 bridgehead atoms. The van der Waals surface area contributed by atoms with Crippen molar-refractivity contribution in [1.82, 2.24) is 14.7 Å². The van der Waals surface area contributed by atoms with Crippen LogP contribution in [0.1, 0.15) is 31.5 Å². The van der Waals surface area contributed by atoms with Gasteiger partial charge in [0.2, 0.25) is 10.0 Å². The summed E-state index contributed by atoms with van der Waals surface area (Å²) in [4.78, 5) is 7.48. The van der Waals surface area contributed by atoms with Crippen molar-refractivity contribution in [2.24, 2.45) is 0 Å². The van der Waals surface area contributed by atoms with Crippen molar-refractivity contribution in [3.05, 3.63) is 30.1 Å². The zero-order valence-electron chi connectivity index (χ0n) is 10.6. The van der Waals surface area contributed by atoms with E-state index < -0.39 is 10.0 Å². The highest BCUT2D eigenvalue weighted by molar-refractivity contribution is 7.90. The van der Waals surface area contributed by atoms with Gasteiger partial charge in [0.25, 0.3) is 0 Å². The molecule has 0 spiro atoms. The topological polar surface area (TPSA) is 74.8 Å². The van der Waals surface area contributed by atoms with Crippen LogP contribution in [0.5, 0.6) is 0 Å². The van der Waals surface area contributed by atoms with E-state index in [9.17, 15) is 8.42 Å². The predicted octanol–water partition coefficient (Wildman–Crippen LogP) is 1.92. The SMILES string of the molecule is O=S(=O)(NCc1nc2ccccc2[nH]1)C1CCCC1. The molecule has 0 atom stereocenters. The molecule has 1 saturated carbocycles. The average molecular weight is 279 g/mol. The predicted molar refractivity (Wildman–Crippen MR) is 74.1 cm³/mol. The smallest absolute Gasteiger partial charge is 0.214 e. The minimum absolute atomic E-state index is 0.225. The van der Waals surface area contributed by atoms with E-state index in [0.29, 0.717) is 5.82 Å². The molecule has 1 aromatic heterocycles. The van der Waals surface area contributed by atoms with E-state index in [2.05, 4.69) is 14.7 Å². The first kappa shape index (κ1) is 12.6. The van der Waals surface area contributed by atoms with Crippen LogP contribution in [0.15, 0.2) is 24.3 Å². The molecule has 2 aromatic rings. The first-order chi connectivity index (χ1) is 9.15. The van der Waals surface area contributed by atoms with Crippen LogP contribution in [0.2, 0.25) is 0 Å². The number of aromatic nitrogens is 2. The summed E-state index contributed by atoms with van der Waals surface area (Å²) < 4.78 is 26.8. The van der Waals surface area contributed by atoms with Gasteiger partial charge in [0, 0.05) is 0 Å². The molecule has 1 aliphatic carbocycles. The van der Waals surface area contributed by atoms with Gasteiger partial charge >= 0.3 is 0 Å². The van der Waals surface area contributed by atoms with Crippen molar-refractivity contribution in [3.63, 3.8) is 0 Å². The van der Waals surface area contributed by atoms with Crippen molar-refractivity contribution >= 4 is 21.1 Å². The van der Waals surface area contributed by atoms with Crippen molar-refractivity contribution in [1.29, 1.82) is 0 Å². The number of sulfonamides is 1. The maximum Gasteiger partial charge on any atom is 0.214 e. The number of hydrogen-bond donors (Lipinski definition) is 2. The quantitative estimate of drug-likeness (QED) is 0.898. The Hall–Kier alpha value is -1.40. The maximum atomic E-state index is 12.1. The molecule has 1 aliphatic rings. The fourth-order valence-electron chi connectivity index (χ4n) is 2.57. The summed E-state index contributed by atoms with van der Waals surface area (Å²) in [7, 11) is -3.21. The molecule has 0 saturated heterocycles. The van der Waals surface area contributed by atoms with Gasteiger partial charge in [-0.1, -0.05) is 25.0 Å². The zero-order chi connectivity index (χ0) is 13.3. The number of rotatable bonds is 4.